The van der Waals surface area contributed by atoms with Gasteiger partial charge in [0, 0.05) is 0 Å². The zero-order valence-corrected chi connectivity index (χ0v) is 10.6. The zero-order chi connectivity index (χ0) is 11.2. The Morgan fingerprint density at radius 3 is 1.86 bits per heavy atom. The highest BCUT2D eigenvalue weighted by Crippen LogP contribution is 2.02. The van der Waals surface area contributed by atoms with Gasteiger partial charge in [-0.15, -0.1) is 0 Å². The van der Waals surface area contributed by atoms with Crippen molar-refractivity contribution in [3.63, 3.8) is 0 Å². The second kappa shape index (κ2) is 15.4. The Bertz CT molecular complexity index is 70.9. The van der Waals surface area contributed by atoms with Crippen molar-refractivity contribution in [1.82, 2.24) is 5.32 Å². The average Bonchev–Trinajstić information content (AvgIpc) is 2.22. The molecule has 3 N–H and O–H groups in total. The fourth-order valence-corrected chi connectivity index (χ4v) is 1.10. The molecule has 2 nitrogen and oxygen atoms in total. The lowest BCUT2D eigenvalue weighted by molar-refractivity contribution is 0.505. The van der Waals surface area contributed by atoms with Gasteiger partial charge >= 0.3 is 0 Å². The second-order valence-electron chi connectivity index (χ2n) is 3.63. The van der Waals surface area contributed by atoms with Crippen LogP contribution >= 0.6 is 0 Å². The Kier molecular flexibility index (Phi) is 18.0. The molecule has 0 bridgehead atoms. The molecule has 0 saturated carbocycles. The number of rotatable bonds is 7. The Morgan fingerprint density at radius 1 is 1.07 bits per heavy atom. The molecule has 0 unspecified atom stereocenters. The molecule has 2 heteroatoms. The van der Waals surface area contributed by atoms with Crippen LogP contribution < -0.4 is 11.1 Å². The lowest BCUT2D eigenvalue weighted by atomic mass is 10.0. The summed E-state index contributed by atoms with van der Waals surface area (Å²) in [4.78, 5) is 0. The van der Waals surface area contributed by atoms with Crippen LogP contribution in [0.15, 0.2) is 0 Å². The first-order valence-electron chi connectivity index (χ1n) is 6.17. The lowest BCUT2D eigenvalue weighted by Crippen LogP contribution is -2.13. The minimum absolute atomic E-state index is 0.764. The predicted octanol–water partition coefficient (Wildman–Crippen LogP) is 2.78. The van der Waals surface area contributed by atoms with Crippen LogP contribution in [0.3, 0.4) is 0 Å². The van der Waals surface area contributed by atoms with Crippen molar-refractivity contribution in [3.8, 4) is 0 Å². The maximum absolute atomic E-state index is 5.39. The first kappa shape index (κ1) is 16.4. The third kappa shape index (κ3) is 14.4. The lowest BCUT2D eigenvalue weighted by Gasteiger charge is -2.05. The predicted molar refractivity (Wildman–Crippen MR) is 66.6 cm³/mol. The van der Waals surface area contributed by atoms with E-state index < -0.39 is 0 Å². The van der Waals surface area contributed by atoms with Crippen LogP contribution in [0.2, 0.25) is 0 Å². The minimum atomic E-state index is 0.764. The van der Waals surface area contributed by atoms with Crippen molar-refractivity contribution in [1.29, 1.82) is 0 Å². The molecule has 88 valence electrons. The van der Waals surface area contributed by atoms with Crippen LogP contribution in [0, 0.1) is 5.92 Å². The fourth-order valence-electron chi connectivity index (χ4n) is 1.10. The van der Waals surface area contributed by atoms with Gasteiger partial charge in [0.1, 0.15) is 0 Å². The number of unbranched alkanes of at least 4 members (excludes halogenated alkanes) is 1. The molecular weight excluding hydrogens is 172 g/mol. The van der Waals surface area contributed by atoms with E-state index in [1.807, 2.05) is 0 Å². The largest absolute Gasteiger partial charge is 0.330 e. The second-order valence-corrected chi connectivity index (χ2v) is 3.63. The average molecular weight is 202 g/mol. The molecule has 0 amide bonds. The summed E-state index contributed by atoms with van der Waals surface area (Å²) in [6, 6.07) is 0. The van der Waals surface area contributed by atoms with Gasteiger partial charge in [0.05, 0.1) is 0 Å². The molecule has 0 spiro atoms. The van der Waals surface area contributed by atoms with Crippen LogP contribution in [-0.2, 0) is 0 Å². The van der Waals surface area contributed by atoms with Crippen molar-refractivity contribution in [2.75, 3.05) is 19.6 Å². The summed E-state index contributed by atoms with van der Waals surface area (Å²) in [6.45, 7) is 11.9. The van der Waals surface area contributed by atoms with Crippen LogP contribution in [0.1, 0.15) is 53.4 Å². The molecular formula is C12H30N2. The van der Waals surface area contributed by atoms with Crippen molar-refractivity contribution in [2.24, 2.45) is 11.7 Å². The van der Waals surface area contributed by atoms with Gasteiger partial charge in [-0.1, -0.05) is 47.0 Å². The maximum Gasteiger partial charge on any atom is -0.00491 e. The van der Waals surface area contributed by atoms with Gasteiger partial charge in [-0.25, -0.2) is 0 Å². The molecule has 0 saturated heterocycles. The van der Waals surface area contributed by atoms with Gasteiger partial charge in [-0.3, -0.25) is 0 Å². The molecule has 0 radical (unpaired) electrons. The third-order valence-electron chi connectivity index (χ3n) is 2.45. The SMILES string of the molecule is CCC(CC)CN.CCCCNCC. The molecule has 0 aromatic rings. The molecule has 0 aromatic heterocycles. The van der Waals surface area contributed by atoms with E-state index >= 15 is 0 Å². The van der Waals surface area contributed by atoms with E-state index in [-0.39, 0.29) is 0 Å². The topological polar surface area (TPSA) is 38.0 Å². The van der Waals surface area contributed by atoms with Gasteiger partial charge in [0.2, 0.25) is 0 Å². The van der Waals surface area contributed by atoms with Crippen molar-refractivity contribution >= 4 is 0 Å². The molecule has 0 rings (SSSR count). The fraction of sp³-hybridized carbons (Fsp3) is 1.00. The van der Waals surface area contributed by atoms with Crippen LogP contribution in [0.5, 0.6) is 0 Å². The summed E-state index contributed by atoms with van der Waals surface area (Å²) < 4.78 is 0. The standard InChI is InChI=1S/2C6H15N/c1-3-6(4-2)5-7;1-3-5-6-7-4-2/h6H,3-5,7H2,1-2H3;7H,3-6H2,1-2H3. The molecule has 0 heterocycles. The van der Waals surface area contributed by atoms with E-state index in [2.05, 4.69) is 33.0 Å². The van der Waals surface area contributed by atoms with E-state index in [0.717, 1.165) is 19.0 Å². The summed E-state index contributed by atoms with van der Waals surface area (Å²) in [5, 5.41) is 3.25. The van der Waals surface area contributed by atoms with Crippen LogP contribution in [-0.4, -0.2) is 19.6 Å². The van der Waals surface area contributed by atoms with Crippen LogP contribution in [0.4, 0.5) is 0 Å². The Labute approximate surface area is 90.6 Å². The highest BCUT2D eigenvalue weighted by Gasteiger charge is 1.96. The van der Waals surface area contributed by atoms with Gasteiger partial charge in [0.15, 0.2) is 0 Å². The van der Waals surface area contributed by atoms with E-state index in [0.29, 0.717) is 0 Å². The van der Waals surface area contributed by atoms with Gasteiger partial charge in [-0.05, 0) is 32.0 Å². The van der Waals surface area contributed by atoms with Crippen LogP contribution in [0.25, 0.3) is 0 Å². The quantitative estimate of drug-likeness (QED) is 0.623. The van der Waals surface area contributed by atoms with Gasteiger partial charge in [-0.2, -0.15) is 0 Å². The summed E-state index contributed by atoms with van der Waals surface area (Å²) in [5.74, 6) is 0.764. The third-order valence-corrected chi connectivity index (χ3v) is 2.45. The molecule has 0 fully saturated rings. The monoisotopic (exact) mass is 202 g/mol. The Morgan fingerprint density at radius 2 is 1.64 bits per heavy atom. The smallest absolute Gasteiger partial charge is 0.00491 e. The summed E-state index contributed by atoms with van der Waals surface area (Å²) in [7, 11) is 0. The van der Waals surface area contributed by atoms with Gasteiger partial charge in [0.25, 0.3) is 0 Å². The molecule has 0 aromatic carbocycles. The normalized spacial score (nSPS) is 9.86. The van der Waals surface area contributed by atoms with Crippen molar-refractivity contribution in [2.45, 2.75) is 53.4 Å². The molecule has 0 aliphatic heterocycles. The highest BCUT2D eigenvalue weighted by molar-refractivity contribution is 4.52. The number of nitrogens with one attached hydrogen (secondary N) is 1. The number of hydrogen-bond acceptors (Lipinski definition) is 2. The molecule has 0 aliphatic rings. The van der Waals surface area contributed by atoms with E-state index in [4.69, 9.17) is 5.73 Å². The first-order chi connectivity index (χ1) is 6.76. The highest BCUT2D eigenvalue weighted by atomic mass is 14.8. The minimum Gasteiger partial charge on any atom is -0.330 e. The van der Waals surface area contributed by atoms with E-state index in [1.165, 1.54) is 32.2 Å². The number of nitrogens with two attached hydrogens (primary N) is 1. The van der Waals surface area contributed by atoms with E-state index in [1.54, 1.807) is 0 Å². The molecule has 0 atom stereocenters. The summed E-state index contributed by atoms with van der Waals surface area (Å²) >= 11 is 0. The number of hydrogen-bond donors (Lipinski definition) is 2. The summed E-state index contributed by atoms with van der Waals surface area (Å²) in [6.07, 6.45) is 5.07. The Balaban J connectivity index is 0. The van der Waals surface area contributed by atoms with Gasteiger partial charge < -0.3 is 11.1 Å². The van der Waals surface area contributed by atoms with Crippen molar-refractivity contribution < 1.29 is 0 Å². The summed E-state index contributed by atoms with van der Waals surface area (Å²) in [5.41, 5.74) is 5.39. The maximum atomic E-state index is 5.39. The first-order valence-corrected chi connectivity index (χ1v) is 6.17. The van der Waals surface area contributed by atoms with E-state index in [9.17, 15) is 0 Å². The van der Waals surface area contributed by atoms with Crippen molar-refractivity contribution in [3.05, 3.63) is 0 Å². The zero-order valence-electron chi connectivity index (χ0n) is 10.6. The molecule has 14 heavy (non-hydrogen) atoms. The Hall–Kier alpha value is -0.0800. The molecule has 0 aliphatic carbocycles.